The molecule has 68 heavy (non-hydrogen) atoms. The molecule has 0 fully saturated rings. The van der Waals surface area contributed by atoms with Crippen molar-refractivity contribution in [3.8, 4) is 67.5 Å². The predicted octanol–water partition coefficient (Wildman–Crippen LogP) is 16.3. The molecule has 4 heterocycles. The van der Waals surface area contributed by atoms with Crippen LogP contribution in [0.3, 0.4) is 0 Å². The Labute approximate surface area is 386 Å². The van der Waals surface area contributed by atoms with Crippen LogP contribution in [0.2, 0.25) is 0 Å². The van der Waals surface area contributed by atoms with Crippen LogP contribution in [0.15, 0.2) is 212 Å². The SMILES string of the molecule is Fc1cccc(F)c1-c1c(-n2c3ccccc3c3ccc(-c4cccc(-c5ccccc5)n4)cc32)cc(C(F)(F)F)cc1-n1c2ccccc2c2ccc(-c3cccc(-c4ccccc4)n3)cc21. The van der Waals surface area contributed by atoms with Gasteiger partial charge in [0.1, 0.15) is 11.6 Å². The number of benzene rings is 8. The van der Waals surface area contributed by atoms with Gasteiger partial charge in [-0.1, -0.05) is 140 Å². The molecule has 0 aliphatic rings. The number of nitrogens with zero attached hydrogens (tertiary/aromatic N) is 4. The monoisotopic (exact) mass is 894 g/mol. The first kappa shape index (κ1) is 40.8. The number of hydrogen-bond acceptors (Lipinski definition) is 2. The number of halogens is 5. The van der Waals surface area contributed by atoms with Gasteiger partial charge < -0.3 is 9.13 Å². The molecule has 0 saturated heterocycles. The fourth-order valence-corrected chi connectivity index (χ4v) is 9.63. The predicted molar refractivity (Wildman–Crippen MR) is 263 cm³/mol. The molecule has 0 atom stereocenters. The summed E-state index contributed by atoms with van der Waals surface area (Å²) >= 11 is 0. The third kappa shape index (κ3) is 6.81. The molecular weight excluding hydrogens is 860 g/mol. The maximum Gasteiger partial charge on any atom is 0.416 e. The molecule has 326 valence electrons. The molecule has 12 aromatic rings. The van der Waals surface area contributed by atoms with Gasteiger partial charge in [-0.05, 0) is 72.8 Å². The van der Waals surface area contributed by atoms with Crippen molar-refractivity contribution in [1.82, 2.24) is 19.1 Å². The highest BCUT2D eigenvalue weighted by atomic mass is 19.4. The van der Waals surface area contributed by atoms with Crippen molar-refractivity contribution in [3.05, 3.63) is 230 Å². The fraction of sp³-hybridized carbons (Fsp3) is 0.0169. The topological polar surface area (TPSA) is 35.6 Å². The summed E-state index contributed by atoms with van der Waals surface area (Å²) in [4.78, 5) is 10.0. The van der Waals surface area contributed by atoms with Gasteiger partial charge in [-0.3, -0.25) is 0 Å². The maximum atomic E-state index is 16.8. The maximum absolute atomic E-state index is 16.8. The Bertz CT molecular complexity index is 3690. The van der Waals surface area contributed by atoms with Crippen LogP contribution in [0.1, 0.15) is 5.56 Å². The van der Waals surface area contributed by atoms with E-state index in [1.54, 1.807) is 21.3 Å². The van der Waals surface area contributed by atoms with Crippen LogP contribution >= 0.6 is 0 Å². The summed E-state index contributed by atoms with van der Waals surface area (Å²) < 4.78 is 84.2. The van der Waals surface area contributed by atoms with Gasteiger partial charge in [-0.25, -0.2) is 18.7 Å². The number of pyridine rings is 2. The molecule has 0 spiro atoms. The van der Waals surface area contributed by atoms with Crippen LogP contribution in [-0.2, 0) is 6.18 Å². The van der Waals surface area contributed by atoms with Crippen molar-refractivity contribution in [2.45, 2.75) is 6.18 Å². The first-order chi connectivity index (χ1) is 33.2. The van der Waals surface area contributed by atoms with Crippen molar-refractivity contribution >= 4 is 43.6 Å². The van der Waals surface area contributed by atoms with Gasteiger partial charge in [-0.2, -0.15) is 13.2 Å². The molecule has 4 aromatic heterocycles. The summed E-state index contributed by atoms with van der Waals surface area (Å²) in [6, 6.07) is 62.7. The van der Waals surface area contributed by atoms with Crippen LogP contribution in [0.5, 0.6) is 0 Å². The highest BCUT2D eigenvalue weighted by Crippen LogP contribution is 2.47. The normalized spacial score (nSPS) is 11.9. The van der Waals surface area contributed by atoms with E-state index in [4.69, 9.17) is 9.97 Å². The summed E-state index contributed by atoms with van der Waals surface area (Å²) in [6.45, 7) is 0. The van der Waals surface area contributed by atoms with Crippen molar-refractivity contribution in [1.29, 1.82) is 0 Å². The molecule has 0 unspecified atom stereocenters. The molecule has 8 aromatic carbocycles. The van der Waals surface area contributed by atoms with E-state index in [9.17, 15) is 0 Å². The number of fused-ring (bicyclic) bond motifs is 6. The minimum absolute atomic E-state index is 0.0625. The quantitative estimate of drug-likeness (QED) is 0.149. The van der Waals surface area contributed by atoms with Gasteiger partial charge in [0.05, 0.1) is 67.3 Å². The molecule has 9 heteroatoms. The number of alkyl halides is 3. The van der Waals surface area contributed by atoms with Crippen molar-refractivity contribution in [2.75, 3.05) is 0 Å². The molecule has 0 saturated carbocycles. The lowest BCUT2D eigenvalue weighted by atomic mass is 9.96. The van der Waals surface area contributed by atoms with E-state index in [-0.39, 0.29) is 16.9 Å². The standard InChI is InChI=1S/C59H35F5N4/c60-45-20-11-21-46(61)57(45)58-55(67-51-26-9-7-18-41(51)43-30-28-38(32-53(43)67)49-24-12-22-47(65-49)36-14-3-1-4-15-36)34-40(59(62,63)64)35-56(58)68-52-27-10-8-19-42(52)44-31-29-39(33-54(44)68)50-25-13-23-48(66-50)37-16-5-2-6-17-37/h1-35H. The van der Waals surface area contributed by atoms with Gasteiger partial charge in [0.15, 0.2) is 0 Å². The van der Waals surface area contributed by atoms with Gasteiger partial charge in [0.25, 0.3) is 0 Å². The number of aromatic nitrogens is 4. The second-order valence-corrected chi connectivity index (χ2v) is 16.7. The highest BCUT2D eigenvalue weighted by molar-refractivity contribution is 6.13. The van der Waals surface area contributed by atoms with E-state index >= 15 is 22.0 Å². The number of hydrogen-bond donors (Lipinski definition) is 0. The van der Waals surface area contributed by atoms with E-state index in [2.05, 4.69) is 0 Å². The summed E-state index contributed by atoms with van der Waals surface area (Å²) in [5, 5.41) is 2.94. The Morgan fingerprint density at radius 1 is 0.324 bits per heavy atom. The Morgan fingerprint density at radius 3 is 1.15 bits per heavy atom. The van der Waals surface area contributed by atoms with Gasteiger partial charge in [-0.15, -0.1) is 0 Å². The summed E-state index contributed by atoms with van der Waals surface area (Å²) in [5.74, 6) is -1.86. The lowest BCUT2D eigenvalue weighted by molar-refractivity contribution is -0.137. The molecule has 0 bridgehead atoms. The minimum atomic E-state index is -4.88. The molecular formula is C59H35F5N4. The zero-order valence-electron chi connectivity index (χ0n) is 35.9. The number of para-hydroxylation sites is 2. The zero-order valence-corrected chi connectivity index (χ0v) is 35.9. The lowest BCUT2D eigenvalue weighted by Gasteiger charge is -2.23. The second-order valence-electron chi connectivity index (χ2n) is 16.7. The summed E-state index contributed by atoms with van der Waals surface area (Å²) in [7, 11) is 0. The third-order valence-electron chi connectivity index (χ3n) is 12.7. The third-order valence-corrected chi connectivity index (χ3v) is 12.7. The average Bonchev–Trinajstić information content (AvgIpc) is 3.88. The largest absolute Gasteiger partial charge is 0.416 e. The van der Waals surface area contributed by atoms with Gasteiger partial charge >= 0.3 is 6.18 Å². The molecule has 0 radical (unpaired) electrons. The molecule has 0 N–H and O–H groups in total. The molecule has 4 nitrogen and oxygen atoms in total. The van der Waals surface area contributed by atoms with Crippen molar-refractivity contribution in [3.63, 3.8) is 0 Å². The van der Waals surface area contributed by atoms with E-state index in [1.807, 2.05) is 170 Å². The van der Waals surface area contributed by atoms with Crippen molar-refractivity contribution in [2.24, 2.45) is 0 Å². The highest BCUT2D eigenvalue weighted by Gasteiger charge is 2.35. The number of rotatable bonds is 7. The zero-order chi connectivity index (χ0) is 46.1. The first-order valence-corrected chi connectivity index (χ1v) is 22.0. The van der Waals surface area contributed by atoms with Gasteiger partial charge in [0, 0.05) is 49.4 Å². The Balaban J connectivity index is 1.19. The van der Waals surface area contributed by atoms with Crippen LogP contribution in [0.4, 0.5) is 22.0 Å². The molecule has 0 aliphatic carbocycles. The lowest BCUT2D eigenvalue weighted by Crippen LogP contribution is -2.12. The van der Waals surface area contributed by atoms with Crippen molar-refractivity contribution < 1.29 is 22.0 Å². The molecule has 12 rings (SSSR count). The second kappa shape index (κ2) is 16.0. The average molecular weight is 895 g/mol. The smallest absolute Gasteiger partial charge is 0.308 e. The van der Waals surface area contributed by atoms with E-state index < -0.39 is 28.9 Å². The van der Waals surface area contributed by atoms with Crippen LogP contribution in [-0.4, -0.2) is 19.1 Å². The van der Waals surface area contributed by atoms with E-state index in [0.29, 0.717) is 44.6 Å². The fourth-order valence-electron chi connectivity index (χ4n) is 9.63. The van der Waals surface area contributed by atoms with Crippen LogP contribution in [0.25, 0.3) is 111 Å². The molecule has 0 amide bonds. The Morgan fingerprint density at radius 2 is 0.706 bits per heavy atom. The Kier molecular flexibility index (Phi) is 9.62. The first-order valence-electron chi connectivity index (χ1n) is 22.0. The minimum Gasteiger partial charge on any atom is -0.308 e. The van der Waals surface area contributed by atoms with Gasteiger partial charge in [0.2, 0.25) is 0 Å². The Hall–Kier alpha value is -8.69. The van der Waals surface area contributed by atoms with E-state index in [1.165, 1.54) is 6.07 Å². The summed E-state index contributed by atoms with van der Waals surface area (Å²) in [5.41, 5.74) is 6.49. The summed E-state index contributed by atoms with van der Waals surface area (Å²) in [6.07, 6.45) is -4.88. The van der Waals surface area contributed by atoms with E-state index in [0.717, 1.165) is 68.3 Å². The molecule has 0 aliphatic heterocycles. The van der Waals surface area contributed by atoms with Crippen LogP contribution < -0.4 is 0 Å². The van der Waals surface area contributed by atoms with Crippen LogP contribution in [0, 0.1) is 11.6 Å².